The number of carboxylic acids is 1. The lowest BCUT2D eigenvalue weighted by Gasteiger charge is -2.08. The Bertz CT molecular complexity index is 263. The van der Waals surface area contributed by atoms with Crippen molar-refractivity contribution < 1.29 is 9.90 Å². The normalized spacial score (nSPS) is 12.4. The molecule has 1 rings (SSSR count). The van der Waals surface area contributed by atoms with Crippen molar-refractivity contribution in [3.63, 3.8) is 0 Å². The highest BCUT2D eigenvalue weighted by atomic mass is 35.5. The Balaban J connectivity index is 2.88. The number of rotatable bonds is 3. The van der Waals surface area contributed by atoms with Crippen LogP contribution in [-0.4, -0.2) is 11.1 Å². The second-order valence-electron chi connectivity index (χ2n) is 2.29. The number of hydrogen-bond acceptors (Lipinski definition) is 2. The topological polar surface area (TPSA) is 49.3 Å². The molecule has 0 aliphatic carbocycles. The van der Waals surface area contributed by atoms with Gasteiger partial charge in [0.1, 0.15) is 6.04 Å². The lowest BCUT2D eigenvalue weighted by atomic mass is 10.1. The molecule has 0 spiro atoms. The number of hydrogen-bond donors (Lipinski definition) is 2. The van der Waals surface area contributed by atoms with Gasteiger partial charge < -0.3 is 5.11 Å². The van der Waals surface area contributed by atoms with Gasteiger partial charge >= 0.3 is 5.97 Å². The van der Waals surface area contributed by atoms with E-state index in [1.54, 1.807) is 24.3 Å². The lowest BCUT2D eigenvalue weighted by molar-refractivity contribution is -0.139. The van der Waals surface area contributed by atoms with E-state index in [-0.39, 0.29) is 0 Å². The van der Waals surface area contributed by atoms with Crippen LogP contribution in [0.1, 0.15) is 11.6 Å². The molecule has 12 heavy (non-hydrogen) atoms. The summed E-state index contributed by atoms with van der Waals surface area (Å²) >= 11 is 5.27. The first-order valence-electron chi connectivity index (χ1n) is 3.39. The number of halogens is 1. The van der Waals surface area contributed by atoms with Gasteiger partial charge in [-0.1, -0.05) is 30.3 Å². The highest BCUT2D eigenvalue weighted by Crippen LogP contribution is 2.12. The molecular weight excluding hydrogens is 178 g/mol. The lowest BCUT2D eigenvalue weighted by Crippen LogP contribution is -2.21. The van der Waals surface area contributed by atoms with E-state index >= 15 is 0 Å². The van der Waals surface area contributed by atoms with E-state index < -0.39 is 12.0 Å². The average molecular weight is 186 g/mol. The predicted molar refractivity (Wildman–Crippen MR) is 45.8 cm³/mol. The van der Waals surface area contributed by atoms with E-state index in [0.29, 0.717) is 5.56 Å². The first-order valence-corrected chi connectivity index (χ1v) is 3.77. The van der Waals surface area contributed by atoms with Crippen LogP contribution in [0.4, 0.5) is 0 Å². The Morgan fingerprint density at radius 1 is 1.42 bits per heavy atom. The monoisotopic (exact) mass is 185 g/mol. The van der Waals surface area contributed by atoms with Gasteiger partial charge in [0.2, 0.25) is 0 Å². The van der Waals surface area contributed by atoms with Crippen LogP contribution in [0.2, 0.25) is 0 Å². The van der Waals surface area contributed by atoms with Crippen molar-refractivity contribution in [2.24, 2.45) is 0 Å². The average Bonchev–Trinajstić information content (AvgIpc) is 2.07. The molecular formula is C8H8ClNO2. The Morgan fingerprint density at radius 3 is 2.42 bits per heavy atom. The molecule has 64 valence electrons. The second-order valence-corrected chi connectivity index (χ2v) is 2.51. The molecule has 0 saturated carbocycles. The summed E-state index contributed by atoms with van der Waals surface area (Å²) in [6.45, 7) is 0. The molecule has 0 saturated heterocycles. The van der Waals surface area contributed by atoms with Gasteiger partial charge in [-0.25, -0.2) is 4.84 Å². The fourth-order valence-corrected chi connectivity index (χ4v) is 1.12. The quantitative estimate of drug-likeness (QED) is 0.703. The highest BCUT2D eigenvalue weighted by molar-refractivity contribution is 6.14. The van der Waals surface area contributed by atoms with Crippen molar-refractivity contribution in [1.82, 2.24) is 4.84 Å². The molecule has 1 aromatic carbocycles. The van der Waals surface area contributed by atoms with Crippen LogP contribution in [-0.2, 0) is 4.79 Å². The molecule has 4 heteroatoms. The molecule has 0 aromatic heterocycles. The van der Waals surface area contributed by atoms with Gasteiger partial charge in [0.25, 0.3) is 0 Å². The SMILES string of the molecule is O=C(O)C(NCl)c1ccccc1. The number of aliphatic carboxylic acids is 1. The third kappa shape index (κ3) is 1.96. The number of carboxylic acid groups (broad SMARTS) is 1. The standard InChI is InChI=1S/C8H8ClNO2/c9-10-7(8(11)12)6-4-2-1-3-5-6/h1-5,7,10H,(H,11,12). The smallest absolute Gasteiger partial charge is 0.326 e. The van der Waals surface area contributed by atoms with Crippen LogP contribution in [0.3, 0.4) is 0 Å². The summed E-state index contributed by atoms with van der Waals surface area (Å²) in [6.07, 6.45) is 0. The number of benzene rings is 1. The summed E-state index contributed by atoms with van der Waals surface area (Å²) in [5, 5.41) is 8.68. The van der Waals surface area contributed by atoms with Crippen molar-refractivity contribution in [2.45, 2.75) is 6.04 Å². The molecule has 0 bridgehead atoms. The summed E-state index contributed by atoms with van der Waals surface area (Å²) in [6, 6.07) is 7.91. The van der Waals surface area contributed by atoms with Crippen LogP contribution < -0.4 is 4.84 Å². The van der Waals surface area contributed by atoms with E-state index in [2.05, 4.69) is 4.84 Å². The summed E-state index contributed by atoms with van der Waals surface area (Å²) in [5.74, 6) is -0.990. The van der Waals surface area contributed by atoms with Crippen LogP contribution in [0.5, 0.6) is 0 Å². The molecule has 0 heterocycles. The van der Waals surface area contributed by atoms with Gasteiger partial charge in [-0.3, -0.25) is 4.79 Å². The molecule has 0 radical (unpaired) electrons. The van der Waals surface area contributed by atoms with Crippen molar-refractivity contribution in [1.29, 1.82) is 0 Å². The maximum absolute atomic E-state index is 10.6. The number of nitrogens with one attached hydrogen (secondary N) is 1. The van der Waals surface area contributed by atoms with Crippen LogP contribution in [0.15, 0.2) is 30.3 Å². The molecule has 1 unspecified atom stereocenters. The molecule has 1 aromatic rings. The fraction of sp³-hybridized carbons (Fsp3) is 0.125. The van der Waals surface area contributed by atoms with Crippen molar-refractivity contribution in [3.05, 3.63) is 35.9 Å². The minimum Gasteiger partial charge on any atom is -0.480 e. The fourth-order valence-electron chi connectivity index (χ4n) is 0.898. The van der Waals surface area contributed by atoms with Gasteiger partial charge in [0.15, 0.2) is 0 Å². The maximum Gasteiger partial charge on any atom is 0.326 e. The summed E-state index contributed by atoms with van der Waals surface area (Å²) < 4.78 is 0. The van der Waals surface area contributed by atoms with Crippen LogP contribution in [0.25, 0.3) is 0 Å². The van der Waals surface area contributed by atoms with Crippen molar-refractivity contribution >= 4 is 17.7 Å². The minimum absolute atomic E-state index is 0.639. The highest BCUT2D eigenvalue weighted by Gasteiger charge is 2.17. The summed E-state index contributed by atoms with van der Waals surface area (Å²) in [5.41, 5.74) is 0.639. The first kappa shape index (κ1) is 9.03. The summed E-state index contributed by atoms with van der Waals surface area (Å²) in [7, 11) is 0. The van der Waals surface area contributed by atoms with Gasteiger partial charge in [0.05, 0.1) is 0 Å². The molecule has 0 aliphatic rings. The molecule has 0 aliphatic heterocycles. The van der Waals surface area contributed by atoms with Gasteiger partial charge in [-0.15, -0.1) is 0 Å². The van der Waals surface area contributed by atoms with Crippen LogP contribution >= 0.6 is 11.8 Å². The Morgan fingerprint density at radius 2 is 2.00 bits per heavy atom. The maximum atomic E-state index is 10.6. The van der Waals surface area contributed by atoms with E-state index in [1.807, 2.05) is 6.07 Å². The Hall–Kier alpha value is -1.06. The molecule has 1 atom stereocenters. The third-order valence-electron chi connectivity index (χ3n) is 1.49. The Labute approximate surface area is 75.1 Å². The molecule has 2 N–H and O–H groups in total. The number of carbonyl (C=O) groups is 1. The van der Waals surface area contributed by atoms with Crippen molar-refractivity contribution in [3.8, 4) is 0 Å². The van der Waals surface area contributed by atoms with Gasteiger partial charge in [-0.2, -0.15) is 0 Å². The van der Waals surface area contributed by atoms with Gasteiger partial charge in [-0.05, 0) is 17.3 Å². The minimum atomic E-state index is -0.990. The zero-order valence-electron chi connectivity index (χ0n) is 6.20. The van der Waals surface area contributed by atoms with E-state index in [4.69, 9.17) is 16.9 Å². The molecule has 0 fully saturated rings. The Kier molecular flexibility index (Phi) is 3.08. The molecule has 3 nitrogen and oxygen atoms in total. The van der Waals surface area contributed by atoms with E-state index in [1.165, 1.54) is 0 Å². The van der Waals surface area contributed by atoms with Crippen LogP contribution in [0, 0.1) is 0 Å². The van der Waals surface area contributed by atoms with Gasteiger partial charge in [0, 0.05) is 0 Å². The molecule has 0 amide bonds. The largest absolute Gasteiger partial charge is 0.480 e. The zero-order valence-corrected chi connectivity index (χ0v) is 6.95. The zero-order chi connectivity index (χ0) is 8.97. The van der Waals surface area contributed by atoms with E-state index in [0.717, 1.165) is 0 Å². The predicted octanol–water partition coefficient (Wildman–Crippen LogP) is 1.56. The summed E-state index contributed by atoms with van der Waals surface area (Å²) in [4.78, 5) is 12.8. The second kappa shape index (κ2) is 4.09. The first-order chi connectivity index (χ1) is 5.75. The van der Waals surface area contributed by atoms with Crippen molar-refractivity contribution in [2.75, 3.05) is 0 Å². The van der Waals surface area contributed by atoms with E-state index in [9.17, 15) is 4.79 Å². The third-order valence-corrected chi connectivity index (χ3v) is 1.71.